The largest absolute Gasteiger partial charge is 0.337 e. The molecule has 0 spiro atoms. The molecule has 29 heavy (non-hydrogen) atoms. The van der Waals surface area contributed by atoms with Crippen molar-refractivity contribution in [2.24, 2.45) is 0 Å². The van der Waals surface area contributed by atoms with Crippen LogP contribution in [0.4, 0.5) is 0 Å². The van der Waals surface area contributed by atoms with Crippen LogP contribution >= 0.6 is 0 Å². The zero-order valence-electron chi connectivity index (χ0n) is 16.7. The molecule has 1 saturated heterocycles. The van der Waals surface area contributed by atoms with Gasteiger partial charge in [0.25, 0.3) is 0 Å². The maximum Gasteiger partial charge on any atom is 0.245 e. The minimum atomic E-state index is -3.62. The number of aryl methyl sites for hydroxylation is 2. The van der Waals surface area contributed by atoms with Crippen LogP contribution < -0.4 is 0 Å². The molecule has 2 aromatic carbocycles. The lowest BCUT2D eigenvalue weighted by Gasteiger charge is -2.21. The second kappa shape index (κ2) is 8.08. The lowest BCUT2D eigenvalue weighted by atomic mass is 10.1. The zero-order valence-corrected chi connectivity index (χ0v) is 17.5. The molecular formula is C22H25N3O3S. The maximum atomic E-state index is 13.2. The normalized spacial score (nSPS) is 17.7. The van der Waals surface area contributed by atoms with E-state index in [1.54, 1.807) is 12.1 Å². The van der Waals surface area contributed by atoms with Crippen LogP contribution in [0.1, 0.15) is 49.2 Å². The topological polar surface area (TPSA) is 76.3 Å². The second-order valence-corrected chi connectivity index (χ2v) is 9.38. The third kappa shape index (κ3) is 3.97. The molecule has 0 amide bonds. The molecule has 0 radical (unpaired) electrons. The molecule has 3 aromatic rings. The van der Waals surface area contributed by atoms with Crippen molar-refractivity contribution in [2.45, 2.75) is 50.5 Å². The van der Waals surface area contributed by atoms with E-state index < -0.39 is 16.1 Å². The predicted molar refractivity (Wildman–Crippen MR) is 111 cm³/mol. The molecule has 0 bridgehead atoms. The molecule has 1 aliphatic rings. The van der Waals surface area contributed by atoms with Crippen molar-refractivity contribution in [1.82, 2.24) is 14.4 Å². The van der Waals surface area contributed by atoms with Crippen molar-refractivity contribution < 1.29 is 12.9 Å². The molecule has 1 aromatic heterocycles. The van der Waals surface area contributed by atoms with Crippen molar-refractivity contribution in [3.05, 3.63) is 65.5 Å². The average molecular weight is 412 g/mol. The first-order valence-electron chi connectivity index (χ1n) is 10.0. The molecule has 0 aliphatic carbocycles. The van der Waals surface area contributed by atoms with Crippen LogP contribution in [-0.2, 0) is 16.4 Å². The number of sulfonamides is 1. The summed E-state index contributed by atoms with van der Waals surface area (Å²) in [4.78, 5) is 4.81. The van der Waals surface area contributed by atoms with Gasteiger partial charge in [-0.15, -0.1) is 0 Å². The van der Waals surface area contributed by atoms with Gasteiger partial charge in [0.1, 0.15) is 6.04 Å². The molecule has 1 atom stereocenters. The molecule has 1 fully saturated rings. The summed E-state index contributed by atoms with van der Waals surface area (Å²) in [6.45, 7) is 4.57. The summed E-state index contributed by atoms with van der Waals surface area (Å²) in [7, 11) is -3.62. The summed E-state index contributed by atoms with van der Waals surface area (Å²) in [5, 5.41) is 4.07. The van der Waals surface area contributed by atoms with Gasteiger partial charge in [0.15, 0.2) is 0 Å². The highest BCUT2D eigenvalue weighted by Gasteiger charge is 2.39. The van der Waals surface area contributed by atoms with Crippen molar-refractivity contribution in [3.63, 3.8) is 0 Å². The Morgan fingerprint density at radius 2 is 1.83 bits per heavy atom. The lowest BCUT2D eigenvalue weighted by molar-refractivity contribution is 0.290. The van der Waals surface area contributed by atoms with Gasteiger partial charge in [0.2, 0.25) is 21.7 Å². The second-order valence-electron chi connectivity index (χ2n) is 7.49. The van der Waals surface area contributed by atoms with Crippen LogP contribution in [0, 0.1) is 6.92 Å². The van der Waals surface area contributed by atoms with Crippen LogP contribution in [-0.4, -0.2) is 29.4 Å². The van der Waals surface area contributed by atoms with Gasteiger partial charge in [-0.1, -0.05) is 60.5 Å². The Labute approximate surface area is 171 Å². The number of aromatic nitrogens is 2. The molecule has 0 saturated carbocycles. The quantitative estimate of drug-likeness (QED) is 0.596. The Balaban J connectivity index is 1.59. The number of benzene rings is 2. The SMILES string of the molecule is CCCc1ccc(S(=O)(=O)N2CCC[C@H]2c2nc(-c3ccc(C)cc3)no2)cc1. The fourth-order valence-corrected chi connectivity index (χ4v) is 5.37. The van der Waals surface area contributed by atoms with E-state index in [2.05, 4.69) is 17.1 Å². The van der Waals surface area contributed by atoms with Gasteiger partial charge in [0, 0.05) is 12.1 Å². The lowest BCUT2D eigenvalue weighted by Crippen LogP contribution is -2.30. The van der Waals surface area contributed by atoms with E-state index in [4.69, 9.17) is 4.52 Å². The van der Waals surface area contributed by atoms with Crippen molar-refractivity contribution in [3.8, 4) is 11.4 Å². The van der Waals surface area contributed by atoms with E-state index in [0.29, 0.717) is 29.6 Å². The molecule has 0 N–H and O–H groups in total. The minimum Gasteiger partial charge on any atom is -0.337 e. The number of hydrogen-bond donors (Lipinski definition) is 0. The monoisotopic (exact) mass is 411 g/mol. The van der Waals surface area contributed by atoms with E-state index in [0.717, 1.165) is 36.0 Å². The highest BCUT2D eigenvalue weighted by Crippen LogP contribution is 2.36. The highest BCUT2D eigenvalue weighted by atomic mass is 32.2. The van der Waals surface area contributed by atoms with Crippen LogP contribution in [0.3, 0.4) is 0 Å². The standard InChI is InChI=1S/C22H25N3O3S/c1-3-5-17-9-13-19(14-10-17)29(26,27)25-15-4-6-20(25)22-23-21(24-28-22)18-11-7-16(2)8-12-18/h7-14,20H,3-6,15H2,1-2H3/t20-/m0/s1. The molecule has 0 unspecified atom stereocenters. The van der Waals surface area contributed by atoms with Crippen LogP contribution in [0.15, 0.2) is 57.9 Å². The van der Waals surface area contributed by atoms with Crippen LogP contribution in [0.25, 0.3) is 11.4 Å². The summed E-state index contributed by atoms with van der Waals surface area (Å²) in [6.07, 6.45) is 3.40. The molecule has 6 nitrogen and oxygen atoms in total. The predicted octanol–water partition coefficient (Wildman–Crippen LogP) is 4.52. The average Bonchev–Trinajstić information content (AvgIpc) is 3.39. The first-order chi connectivity index (χ1) is 14.0. The fraction of sp³-hybridized carbons (Fsp3) is 0.364. The molecule has 7 heteroatoms. The smallest absolute Gasteiger partial charge is 0.245 e. The molecule has 4 rings (SSSR count). The van der Waals surface area contributed by atoms with Gasteiger partial charge in [-0.3, -0.25) is 0 Å². The number of hydrogen-bond acceptors (Lipinski definition) is 5. The Morgan fingerprint density at radius 3 is 2.52 bits per heavy atom. The van der Waals surface area contributed by atoms with Gasteiger partial charge in [0.05, 0.1) is 4.90 Å². The molecule has 152 valence electrons. The Hall–Kier alpha value is -2.51. The van der Waals surface area contributed by atoms with E-state index in [1.165, 1.54) is 4.31 Å². The Bertz CT molecular complexity index is 1070. The Morgan fingerprint density at radius 1 is 1.10 bits per heavy atom. The zero-order chi connectivity index (χ0) is 20.4. The van der Waals surface area contributed by atoms with Gasteiger partial charge < -0.3 is 4.52 Å². The first kappa shape index (κ1) is 19.8. The first-order valence-corrected chi connectivity index (χ1v) is 11.4. The van der Waals surface area contributed by atoms with Gasteiger partial charge >= 0.3 is 0 Å². The number of nitrogens with zero attached hydrogens (tertiary/aromatic N) is 3. The van der Waals surface area contributed by atoms with Crippen molar-refractivity contribution in [1.29, 1.82) is 0 Å². The van der Waals surface area contributed by atoms with E-state index in [-0.39, 0.29) is 0 Å². The summed E-state index contributed by atoms with van der Waals surface area (Å²) in [6, 6.07) is 14.6. The van der Waals surface area contributed by atoms with Gasteiger partial charge in [-0.05, 0) is 43.9 Å². The molecule has 1 aliphatic heterocycles. The van der Waals surface area contributed by atoms with Crippen molar-refractivity contribution >= 4 is 10.0 Å². The van der Waals surface area contributed by atoms with Crippen LogP contribution in [0.5, 0.6) is 0 Å². The fourth-order valence-electron chi connectivity index (χ4n) is 3.72. The third-order valence-corrected chi connectivity index (χ3v) is 7.23. The summed E-state index contributed by atoms with van der Waals surface area (Å²) >= 11 is 0. The molecular weight excluding hydrogens is 386 g/mol. The van der Waals surface area contributed by atoms with Crippen LogP contribution in [0.2, 0.25) is 0 Å². The van der Waals surface area contributed by atoms with E-state index in [9.17, 15) is 8.42 Å². The summed E-state index contributed by atoms with van der Waals surface area (Å²) in [5.41, 5.74) is 3.14. The van der Waals surface area contributed by atoms with E-state index in [1.807, 2.05) is 43.3 Å². The third-order valence-electron chi connectivity index (χ3n) is 5.31. The number of rotatable bonds is 6. The van der Waals surface area contributed by atoms with Crippen molar-refractivity contribution in [2.75, 3.05) is 6.54 Å². The Kier molecular flexibility index (Phi) is 5.52. The summed E-state index contributed by atoms with van der Waals surface area (Å²) < 4.78 is 33.4. The highest BCUT2D eigenvalue weighted by molar-refractivity contribution is 7.89. The minimum absolute atomic E-state index is 0.308. The van der Waals surface area contributed by atoms with Gasteiger partial charge in [-0.25, -0.2) is 8.42 Å². The summed E-state index contributed by atoms with van der Waals surface area (Å²) in [5.74, 6) is 0.831. The maximum absolute atomic E-state index is 13.2. The van der Waals surface area contributed by atoms with Gasteiger partial charge in [-0.2, -0.15) is 9.29 Å². The molecule has 2 heterocycles. The van der Waals surface area contributed by atoms with E-state index >= 15 is 0 Å².